The van der Waals surface area contributed by atoms with Crippen LogP contribution in [0.25, 0.3) is 0 Å². The van der Waals surface area contributed by atoms with Gasteiger partial charge in [-0.1, -0.05) is 17.9 Å². The number of imidazole rings is 2. The summed E-state index contributed by atoms with van der Waals surface area (Å²) in [7, 11) is 6.71. The quantitative estimate of drug-likeness (QED) is 0.360. The molecule has 158 valence electrons. The SMILES string of the molecule is CO[Si](CCCSCCC[B-](C)(c1nccn1C)c1nccn1C)(OC)OC. The number of aromatic nitrogens is 4. The van der Waals surface area contributed by atoms with Crippen LogP contribution >= 0.6 is 11.8 Å². The molecule has 0 amide bonds. The van der Waals surface area contributed by atoms with E-state index in [1.54, 1.807) is 21.3 Å². The summed E-state index contributed by atoms with van der Waals surface area (Å²) in [5.41, 5.74) is 2.24. The molecule has 0 fully saturated rings. The molecule has 0 saturated carbocycles. The summed E-state index contributed by atoms with van der Waals surface area (Å²) in [6.45, 7) is 2.31. The van der Waals surface area contributed by atoms with E-state index in [2.05, 4.69) is 40.0 Å². The molecule has 0 aliphatic rings. The van der Waals surface area contributed by atoms with Gasteiger partial charge in [0.2, 0.25) is 0 Å². The van der Waals surface area contributed by atoms with E-state index in [4.69, 9.17) is 13.3 Å². The first kappa shape index (κ1) is 23.2. The highest BCUT2D eigenvalue weighted by Gasteiger charge is 2.36. The van der Waals surface area contributed by atoms with Crippen molar-refractivity contribution in [2.24, 2.45) is 14.1 Å². The van der Waals surface area contributed by atoms with Gasteiger partial charge in [-0.05, 0) is 17.9 Å². The van der Waals surface area contributed by atoms with E-state index in [0.717, 1.165) is 48.2 Å². The third kappa shape index (κ3) is 5.29. The van der Waals surface area contributed by atoms with E-state index in [0.29, 0.717) is 0 Å². The fourth-order valence-corrected chi connectivity index (χ4v) is 6.90. The van der Waals surface area contributed by atoms with Gasteiger partial charge in [0.1, 0.15) is 6.15 Å². The van der Waals surface area contributed by atoms with Crippen LogP contribution in [0.3, 0.4) is 0 Å². The molecule has 0 spiro atoms. The molecule has 0 N–H and O–H groups in total. The summed E-state index contributed by atoms with van der Waals surface area (Å²) in [6.07, 6.45) is 10.0. The monoisotopic (exact) mass is 425 g/mol. The first-order chi connectivity index (χ1) is 13.4. The molecule has 7 nitrogen and oxygen atoms in total. The molecule has 0 radical (unpaired) electrons. The highest BCUT2D eigenvalue weighted by atomic mass is 32.2. The molecular formula is C18H34BN4O3SSi-. The van der Waals surface area contributed by atoms with Crippen LogP contribution in [0.1, 0.15) is 12.8 Å². The Labute approximate surface area is 174 Å². The lowest BCUT2D eigenvalue weighted by Crippen LogP contribution is -2.62. The van der Waals surface area contributed by atoms with Crippen LogP contribution in [0, 0.1) is 0 Å². The largest absolute Gasteiger partial charge is 0.500 e. The van der Waals surface area contributed by atoms with Crippen molar-refractivity contribution in [3.8, 4) is 0 Å². The van der Waals surface area contributed by atoms with Crippen molar-refractivity contribution < 1.29 is 13.3 Å². The van der Waals surface area contributed by atoms with Crippen LogP contribution in [0.4, 0.5) is 0 Å². The van der Waals surface area contributed by atoms with Crippen LogP contribution in [0.2, 0.25) is 19.2 Å². The van der Waals surface area contributed by atoms with Gasteiger partial charge >= 0.3 is 8.80 Å². The predicted octanol–water partition coefficient (Wildman–Crippen LogP) is 1.74. The van der Waals surface area contributed by atoms with Gasteiger partial charge in [-0.15, -0.1) is 0 Å². The molecule has 2 heterocycles. The first-order valence-electron chi connectivity index (χ1n) is 9.82. The van der Waals surface area contributed by atoms with Gasteiger partial charge in [-0.2, -0.15) is 24.9 Å². The molecule has 2 aromatic heterocycles. The molecule has 0 atom stereocenters. The summed E-state index contributed by atoms with van der Waals surface area (Å²) in [5, 5.41) is 0. The molecule has 0 aromatic carbocycles. The normalized spacial score (nSPS) is 12.6. The second-order valence-corrected chi connectivity index (χ2v) is 11.8. The van der Waals surface area contributed by atoms with Crippen molar-refractivity contribution in [3.63, 3.8) is 0 Å². The van der Waals surface area contributed by atoms with Crippen LogP contribution < -0.4 is 11.4 Å². The van der Waals surface area contributed by atoms with Gasteiger partial charge < -0.3 is 22.4 Å². The smallest absolute Gasteiger partial charge is 0.377 e. The van der Waals surface area contributed by atoms with Crippen LogP contribution in [0.5, 0.6) is 0 Å². The molecule has 10 heteroatoms. The van der Waals surface area contributed by atoms with Gasteiger partial charge in [0.15, 0.2) is 0 Å². The number of hydrogen-bond donors (Lipinski definition) is 0. The number of aryl methyl sites for hydroxylation is 2. The maximum Gasteiger partial charge on any atom is 0.500 e. The van der Waals surface area contributed by atoms with Gasteiger partial charge in [0.05, 0.1) is 0 Å². The Balaban J connectivity index is 1.87. The van der Waals surface area contributed by atoms with E-state index >= 15 is 0 Å². The zero-order valence-electron chi connectivity index (χ0n) is 18.1. The Kier molecular flexibility index (Phi) is 8.82. The van der Waals surface area contributed by atoms with Crippen molar-refractivity contribution in [2.45, 2.75) is 32.0 Å². The molecule has 0 aliphatic heterocycles. The van der Waals surface area contributed by atoms with Crippen LogP contribution in [-0.2, 0) is 27.4 Å². The topological polar surface area (TPSA) is 63.3 Å². The summed E-state index contributed by atoms with van der Waals surface area (Å²) in [5.74, 6) is 2.20. The van der Waals surface area contributed by atoms with E-state index in [1.807, 2.05) is 36.5 Å². The number of nitrogens with zero attached hydrogens (tertiary/aromatic N) is 4. The summed E-state index contributed by atoms with van der Waals surface area (Å²) in [6, 6.07) is 0.853. The molecule has 0 unspecified atom stereocenters. The number of hydrogen-bond acceptors (Lipinski definition) is 6. The Morgan fingerprint density at radius 3 is 1.86 bits per heavy atom. The van der Waals surface area contributed by atoms with E-state index in [9.17, 15) is 0 Å². The molecular weight excluding hydrogens is 391 g/mol. The lowest BCUT2D eigenvalue weighted by molar-refractivity contribution is 0.123. The molecule has 28 heavy (non-hydrogen) atoms. The van der Waals surface area contributed by atoms with Crippen LogP contribution in [0.15, 0.2) is 24.8 Å². The van der Waals surface area contributed by atoms with Gasteiger partial charge in [0.25, 0.3) is 0 Å². The average Bonchev–Trinajstić information content (AvgIpc) is 3.33. The van der Waals surface area contributed by atoms with Crippen molar-refractivity contribution in [3.05, 3.63) is 24.8 Å². The second kappa shape index (κ2) is 10.6. The zero-order chi connectivity index (χ0) is 20.6. The minimum atomic E-state index is -2.43. The Morgan fingerprint density at radius 1 is 0.929 bits per heavy atom. The fourth-order valence-electron chi connectivity index (χ4n) is 4.00. The predicted molar refractivity (Wildman–Crippen MR) is 120 cm³/mol. The van der Waals surface area contributed by atoms with E-state index in [1.165, 1.54) is 0 Å². The number of rotatable bonds is 13. The summed E-state index contributed by atoms with van der Waals surface area (Å²) < 4.78 is 20.7. The van der Waals surface area contributed by atoms with Crippen LogP contribution in [-0.4, -0.2) is 66.9 Å². The van der Waals surface area contributed by atoms with E-state index < -0.39 is 15.0 Å². The molecule has 0 saturated heterocycles. The average molecular weight is 425 g/mol. The second-order valence-electron chi connectivity index (χ2n) is 7.48. The standard InChI is InChI=1S/C18H34BN4O3SSi/c1-19(17-20-10-12-22(17)2,18-21-11-13-23(18)3)9-7-14-27-15-8-16-28(24-4,25-5)26-6/h10-13H,7-9,14-16H2,1-6H3/q-1. The van der Waals surface area contributed by atoms with Crippen molar-refractivity contribution in [1.29, 1.82) is 0 Å². The van der Waals surface area contributed by atoms with Crippen molar-refractivity contribution in [1.82, 2.24) is 19.1 Å². The Morgan fingerprint density at radius 2 is 1.43 bits per heavy atom. The molecule has 0 bridgehead atoms. The Bertz CT molecular complexity index is 675. The zero-order valence-corrected chi connectivity index (χ0v) is 19.9. The summed E-state index contributed by atoms with van der Waals surface area (Å²) >= 11 is 1.98. The van der Waals surface area contributed by atoms with Crippen molar-refractivity contribution >= 4 is 38.2 Å². The molecule has 2 aromatic rings. The third-order valence-electron chi connectivity index (χ3n) is 5.63. The maximum atomic E-state index is 5.48. The molecule has 0 aliphatic carbocycles. The minimum absolute atomic E-state index is 0.853. The third-order valence-corrected chi connectivity index (χ3v) is 9.62. The lowest BCUT2D eigenvalue weighted by Gasteiger charge is -2.35. The van der Waals surface area contributed by atoms with Crippen molar-refractivity contribution in [2.75, 3.05) is 32.8 Å². The van der Waals surface area contributed by atoms with Gasteiger partial charge in [-0.25, -0.2) is 0 Å². The molecule has 2 rings (SSSR count). The highest BCUT2D eigenvalue weighted by Crippen LogP contribution is 2.19. The maximum absolute atomic E-state index is 5.48. The van der Waals surface area contributed by atoms with Gasteiger partial charge in [-0.3, -0.25) is 9.97 Å². The Hall–Kier alpha value is -1.07. The minimum Gasteiger partial charge on any atom is -0.377 e. The van der Waals surface area contributed by atoms with Gasteiger partial charge in [0, 0.05) is 66.3 Å². The summed E-state index contributed by atoms with van der Waals surface area (Å²) in [4.78, 5) is 9.32. The first-order valence-corrected chi connectivity index (χ1v) is 12.9. The highest BCUT2D eigenvalue weighted by molar-refractivity contribution is 7.99. The fraction of sp³-hybridized carbons (Fsp3) is 0.667. The van der Waals surface area contributed by atoms with E-state index in [-0.39, 0.29) is 0 Å². The lowest BCUT2D eigenvalue weighted by atomic mass is 9.23. The number of thioether (sulfide) groups is 1.